The average molecular weight is 409 g/mol. The van der Waals surface area contributed by atoms with Gasteiger partial charge in [0.05, 0.1) is 22.5 Å². The van der Waals surface area contributed by atoms with Crippen molar-refractivity contribution in [2.45, 2.75) is 0 Å². The number of halogens is 1. The van der Waals surface area contributed by atoms with Gasteiger partial charge in [0.15, 0.2) is 5.78 Å². The number of pyridine rings is 2. The Labute approximate surface area is 176 Å². The van der Waals surface area contributed by atoms with E-state index < -0.39 is 0 Å². The van der Waals surface area contributed by atoms with E-state index in [9.17, 15) is 4.79 Å². The Kier molecular flexibility index (Phi) is 3.60. The molecule has 30 heavy (non-hydrogen) atoms. The minimum atomic E-state index is -0.0138. The number of benzene rings is 2. The van der Waals surface area contributed by atoms with Crippen molar-refractivity contribution in [3.05, 3.63) is 95.4 Å². The molecule has 0 spiro atoms. The minimum Gasteiger partial charge on any atom is -0.288 e. The highest BCUT2D eigenvalue weighted by atomic mass is 35.5. The third-order valence-corrected chi connectivity index (χ3v) is 5.64. The Morgan fingerprint density at radius 1 is 0.867 bits per heavy atom. The summed E-state index contributed by atoms with van der Waals surface area (Å²) < 4.78 is 1.85. The standard InChI is InChI=1S/C24H13ClN4O/c25-15-5-6-18-19(13-15)27-12-9-20(18)29-23-16-3-1-2-4-17(16)24(30)21(23)22(28-29)14-7-10-26-11-8-14/h1-13H. The molecule has 5 aromatic rings. The summed E-state index contributed by atoms with van der Waals surface area (Å²) in [6.07, 6.45) is 5.14. The van der Waals surface area contributed by atoms with E-state index in [0.29, 0.717) is 21.8 Å². The molecule has 0 atom stereocenters. The summed E-state index contributed by atoms with van der Waals surface area (Å²) >= 11 is 6.17. The van der Waals surface area contributed by atoms with Crippen molar-refractivity contribution in [1.82, 2.24) is 19.7 Å². The van der Waals surface area contributed by atoms with Crippen molar-refractivity contribution in [3.8, 4) is 28.2 Å². The molecule has 0 bridgehead atoms. The van der Waals surface area contributed by atoms with Crippen LogP contribution in [0.25, 0.3) is 39.1 Å². The Bertz CT molecular complexity index is 1470. The van der Waals surface area contributed by atoms with Gasteiger partial charge in [-0.2, -0.15) is 5.10 Å². The van der Waals surface area contributed by atoms with E-state index in [-0.39, 0.29) is 5.78 Å². The average Bonchev–Trinajstić information content (AvgIpc) is 3.31. The number of rotatable bonds is 2. The van der Waals surface area contributed by atoms with E-state index in [0.717, 1.165) is 33.4 Å². The molecule has 0 saturated heterocycles. The number of nitrogens with zero attached hydrogens (tertiary/aromatic N) is 4. The maximum Gasteiger partial charge on any atom is 0.198 e. The molecule has 3 heterocycles. The number of carbonyl (C=O) groups excluding carboxylic acids is 1. The molecular weight excluding hydrogens is 396 g/mol. The predicted molar refractivity (Wildman–Crippen MR) is 116 cm³/mol. The fourth-order valence-corrected chi connectivity index (χ4v) is 4.25. The molecule has 0 radical (unpaired) electrons. The van der Waals surface area contributed by atoms with Crippen LogP contribution in [0.4, 0.5) is 0 Å². The molecule has 142 valence electrons. The van der Waals surface area contributed by atoms with Crippen LogP contribution >= 0.6 is 11.6 Å². The lowest BCUT2D eigenvalue weighted by atomic mass is 10.1. The van der Waals surface area contributed by atoms with Crippen molar-refractivity contribution in [2.24, 2.45) is 0 Å². The zero-order chi connectivity index (χ0) is 20.2. The van der Waals surface area contributed by atoms with Crippen LogP contribution in [-0.4, -0.2) is 25.5 Å². The van der Waals surface area contributed by atoms with Crippen molar-refractivity contribution in [2.75, 3.05) is 0 Å². The topological polar surface area (TPSA) is 60.7 Å². The quantitative estimate of drug-likeness (QED) is 0.387. The number of ketones is 1. The zero-order valence-electron chi connectivity index (χ0n) is 15.6. The normalized spacial score (nSPS) is 12.2. The van der Waals surface area contributed by atoms with Crippen LogP contribution in [0.3, 0.4) is 0 Å². The number of aromatic nitrogens is 4. The Hall–Kier alpha value is -3.83. The summed E-state index contributed by atoms with van der Waals surface area (Å²) in [6.45, 7) is 0. The van der Waals surface area contributed by atoms with Crippen LogP contribution in [0.15, 0.2) is 79.3 Å². The second kappa shape index (κ2) is 6.34. The first kappa shape index (κ1) is 17.1. The molecule has 5 nitrogen and oxygen atoms in total. The summed E-state index contributed by atoms with van der Waals surface area (Å²) in [5.74, 6) is -0.0138. The summed E-state index contributed by atoms with van der Waals surface area (Å²) in [7, 11) is 0. The van der Waals surface area contributed by atoms with Crippen LogP contribution in [0.2, 0.25) is 5.02 Å². The van der Waals surface area contributed by atoms with E-state index in [2.05, 4.69) is 9.97 Å². The van der Waals surface area contributed by atoms with Gasteiger partial charge in [-0.3, -0.25) is 14.8 Å². The van der Waals surface area contributed by atoms with Gasteiger partial charge in [-0.25, -0.2) is 4.68 Å². The van der Waals surface area contributed by atoms with Gasteiger partial charge in [-0.05, 0) is 36.4 Å². The number of carbonyl (C=O) groups is 1. The maximum absolute atomic E-state index is 13.3. The SMILES string of the molecule is O=C1c2ccccc2-c2c1c(-c1ccncc1)nn2-c1ccnc2cc(Cl)ccc12. The van der Waals surface area contributed by atoms with Crippen LogP contribution in [0.1, 0.15) is 15.9 Å². The molecule has 6 rings (SSSR count). The summed E-state index contributed by atoms with van der Waals surface area (Å²) in [5, 5.41) is 6.43. The molecule has 0 unspecified atom stereocenters. The Morgan fingerprint density at radius 3 is 2.50 bits per heavy atom. The van der Waals surface area contributed by atoms with Gasteiger partial charge in [0.2, 0.25) is 0 Å². The third kappa shape index (κ3) is 2.36. The van der Waals surface area contributed by atoms with Crippen LogP contribution in [0, 0.1) is 0 Å². The molecule has 0 amide bonds. The van der Waals surface area contributed by atoms with Gasteiger partial charge in [-0.1, -0.05) is 35.9 Å². The summed E-state index contributed by atoms with van der Waals surface area (Å²) in [4.78, 5) is 21.9. The molecule has 0 N–H and O–H groups in total. The Morgan fingerprint density at radius 2 is 1.67 bits per heavy atom. The fraction of sp³-hybridized carbons (Fsp3) is 0. The van der Waals surface area contributed by atoms with Crippen LogP contribution in [0.5, 0.6) is 0 Å². The van der Waals surface area contributed by atoms with E-state index in [1.807, 2.05) is 65.3 Å². The van der Waals surface area contributed by atoms with E-state index >= 15 is 0 Å². The third-order valence-electron chi connectivity index (χ3n) is 5.40. The van der Waals surface area contributed by atoms with Gasteiger partial charge in [0.1, 0.15) is 5.69 Å². The lowest BCUT2D eigenvalue weighted by Gasteiger charge is -2.10. The van der Waals surface area contributed by atoms with Gasteiger partial charge < -0.3 is 0 Å². The van der Waals surface area contributed by atoms with Crippen molar-refractivity contribution >= 4 is 28.3 Å². The van der Waals surface area contributed by atoms with Gasteiger partial charge in [-0.15, -0.1) is 0 Å². The first-order chi connectivity index (χ1) is 14.7. The fourth-order valence-electron chi connectivity index (χ4n) is 4.08. The second-order valence-corrected chi connectivity index (χ2v) is 7.52. The maximum atomic E-state index is 13.3. The zero-order valence-corrected chi connectivity index (χ0v) is 16.3. The van der Waals surface area contributed by atoms with Crippen LogP contribution < -0.4 is 0 Å². The van der Waals surface area contributed by atoms with Crippen molar-refractivity contribution in [1.29, 1.82) is 0 Å². The largest absolute Gasteiger partial charge is 0.288 e. The minimum absolute atomic E-state index is 0.0138. The second-order valence-electron chi connectivity index (χ2n) is 7.09. The summed E-state index contributed by atoms with van der Waals surface area (Å²) in [5.41, 5.74) is 6.09. The van der Waals surface area contributed by atoms with E-state index in [4.69, 9.17) is 16.7 Å². The van der Waals surface area contributed by atoms with Crippen molar-refractivity contribution in [3.63, 3.8) is 0 Å². The van der Waals surface area contributed by atoms with Gasteiger partial charge in [0.25, 0.3) is 0 Å². The molecule has 6 heteroatoms. The highest BCUT2D eigenvalue weighted by molar-refractivity contribution is 6.31. The van der Waals surface area contributed by atoms with Gasteiger partial charge in [0, 0.05) is 45.7 Å². The summed E-state index contributed by atoms with van der Waals surface area (Å²) in [6, 6.07) is 18.9. The first-order valence-electron chi connectivity index (χ1n) is 9.44. The molecular formula is C24H13ClN4O. The monoisotopic (exact) mass is 408 g/mol. The number of fused-ring (bicyclic) bond motifs is 4. The van der Waals surface area contributed by atoms with E-state index in [1.54, 1.807) is 18.6 Å². The number of hydrogen-bond acceptors (Lipinski definition) is 4. The molecule has 1 aliphatic rings. The molecule has 3 aromatic heterocycles. The highest BCUT2D eigenvalue weighted by Gasteiger charge is 2.35. The van der Waals surface area contributed by atoms with Gasteiger partial charge >= 0.3 is 0 Å². The lowest BCUT2D eigenvalue weighted by Crippen LogP contribution is -2.01. The smallest absolute Gasteiger partial charge is 0.198 e. The molecule has 0 aliphatic heterocycles. The van der Waals surface area contributed by atoms with Crippen LogP contribution in [-0.2, 0) is 0 Å². The lowest BCUT2D eigenvalue weighted by molar-refractivity contribution is 0.104. The predicted octanol–water partition coefficient (Wildman–Crippen LogP) is 5.35. The Balaban J connectivity index is 1.72. The van der Waals surface area contributed by atoms with Crippen molar-refractivity contribution < 1.29 is 4.79 Å². The molecule has 1 aliphatic carbocycles. The number of hydrogen-bond donors (Lipinski definition) is 0. The first-order valence-corrected chi connectivity index (χ1v) is 9.82. The molecule has 2 aromatic carbocycles. The highest BCUT2D eigenvalue weighted by Crippen LogP contribution is 2.43. The molecule has 0 fully saturated rings. The molecule has 0 saturated carbocycles. The van der Waals surface area contributed by atoms with E-state index in [1.165, 1.54) is 0 Å².